The number of hydrogen-bond acceptors (Lipinski definition) is 4. The number of rotatable bonds is 5. The fourth-order valence-electron chi connectivity index (χ4n) is 4.12. The highest BCUT2D eigenvalue weighted by atomic mass is 16.2. The molecule has 1 aliphatic carbocycles. The maximum absolute atomic E-state index is 12.8. The molecule has 1 aliphatic heterocycles. The van der Waals surface area contributed by atoms with Crippen molar-refractivity contribution in [1.82, 2.24) is 25.2 Å². The number of nitrogens with zero attached hydrogens (tertiary/aromatic N) is 3. The Hall–Kier alpha value is -2.70. The normalized spacial score (nSPS) is 24.5. The second-order valence-corrected chi connectivity index (χ2v) is 6.81. The van der Waals surface area contributed by atoms with Gasteiger partial charge in [0.25, 0.3) is 0 Å². The summed E-state index contributed by atoms with van der Waals surface area (Å²) in [5.41, 5.74) is 1.73. The van der Waals surface area contributed by atoms with E-state index in [-0.39, 0.29) is 36.2 Å². The molecule has 2 aliphatic rings. The molecule has 2 aromatic heterocycles. The van der Waals surface area contributed by atoms with Gasteiger partial charge in [0.1, 0.15) is 6.04 Å². The van der Waals surface area contributed by atoms with Crippen LogP contribution in [0.25, 0.3) is 0 Å². The van der Waals surface area contributed by atoms with Crippen LogP contribution in [0.2, 0.25) is 0 Å². The molecule has 4 rings (SSSR count). The Morgan fingerprint density at radius 2 is 2.20 bits per heavy atom. The Balaban J connectivity index is 1.44. The minimum absolute atomic E-state index is 0.00187. The average Bonchev–Trinajstić information content (AvgIpc) is 3.37. The number of imidazole rings is 1. The molecule has 2 bridgehead atoms. The Bertz CT molecular complexity index is 746. The molecule has 3 heterocycles. The monoisotopic (exact) mass is 339 g/mol. The van der Waals surface area contributed by atoms with E-state index in [0.717, 1.165) is 30.5 Å². The van der Waals surface area contributed by atoms with Crippen LogP contribution in [-0.2, 0) is 22.6 Å². The van der Waals surface area contributed by atoms with Gasteiger partial charge < -0.3 is 15.2 Å². The molecule has 1 saturated heterocycles. The third-order valence-electron chi connectivity index (χ3n) is 5.23. The predicted molar refractivity (Wildman–Crippen MR) is 90.1 cm³/mol. The number of fused-ring (bicyclic) bond motifs is 2. The SMILES string of the molecule is O=C(NCc1cccnc1)C1C2CCC(C2)N1C(=O)Cc1cnc[nH]1. The van der Waals surface area contributed by atoms with Crippen LogP contribution in [0.5, 0.6) is 0 Å². The first-order valence-corrected chi connectivity index (χ1v) is 8.67. The summed E-state index contributed by atoms with van der Waals surface area (Å²) in [4.78, 5) is 38.3. The van der Waals surface area contributed by atoms with Gasteiger partial charge in [0.05, 0.1) is 12.7 Å². The highest BCUT2D eigenvalue weighted by Crippen LogP contribution is 2.42. The lowest BCUT2D eigenvalue weighted by Crippen LogP contribution is -2.53. The number of amides is 2. The summed E-state index contributed by atoms with van der Waals surface area (Å²) in [6, 6.07) is 3.61. The van der Waals surface area contributed by atoms with E-state index in [0.29, 0.717) is 6.54 Å². The lowest BCUT2D eigenvalue weighted by Gasteiger charge is -2.34. The maximum Gasteiger partial charge on any atom is 0.243 e. The van der Waals surface area contributed by atoms with Crippen LogP contribution in [0, 0.1) is 5.92 Å². The molecule has 0 aromatic carbocycles. The molecule has 0 radical (unpaired) electrons. The van der Waals surface area contributed by atoms with Crippen molar-refractivity contribution in [2.75, 3.05) is 0 Å². The maximum atomic E-state index is 12.8. The Morgan fingerprint density at radius 1 is 1.28 bits per heavy atom. The smallest absolute Gasteiger partial charge is 0.243 e. The fourth-order valence-corrected chi connectivity index (χ4v) is 4.12. The molecule has 1 saturated carbocycles. The molecule has 7 nitrogen and oxygen atoms in total. The van der Waals surface area contributed by atoms with E-state index in [1.807, 2.05) is 17.0 Å². The molecule has 7 heteroatoms. The summed E-state index contributed by atoms with van der Waals surface area (Å²) < 4.78 is 0. The first kappa shape index (κ1) is 15.8. The van der Waals surface area contributed by atoms with Crippen LogP contribution in [0.4, 0.5) is 0 Å². The lowest BCUT2D eigenvalue weighted by molar-refractivity contribution is -0.142. The van der Waals surface area contributed by atoms with E-state index >= 15 is 0 Å². The Morgan fingerprint density at radius 3 is 2.96 bits per heavy atom. The van der Waals surface area contributed by atoms with Gasteiger partial charge in [-0.1, -0.05) is 6.07 Å². The number of pyridine rings is 1. The highest BCUT2D eigenvalue weighted by molar-refractivity contribution is 5.89. The fraction of sp³-hybridized carbons (Fsp3) is 0.444. The van der Waals surface area contributed by atoms with Crippen molar-refractivity contribution in [3.05, 3.63) is 48.3 Å². The van der Waals surface area contributed by atoms with E-state index in [1.54, 1.807) is 24.9 Å². The van der Waals surface area contributed by atoms with E-state index in [1.165, 1.54) is 0 Å². The van der Waals surface area contributed by atoms with E-state index in [2.05, 4.69) is 20.3 Å². The number of hydrogen-bond donors (Lipinski definition) is 2. The van der Waals surface area contributed by atoms with Crippen LogP contribution in [0.15, 0.2) is 37.1 Å². The van der Waals surface area contributed by atoms with Crippen molar-refractivity contribution in [3.8, 4) is 0 Å². The molecule has 130 valence electrons. The zero-order valence-electron chi connectivity index (χ0n) is 13.9. The van der Waals surface area contributed by atoms with Crippen molar-refractivity contribution in [2.45, 2.75) is 44.3 Å². The summed E-state index contributed by atoms with van der Waals surface area (Å²) in [6.07, 6.45) is 9.87. The topological polar surface area (TPSA) is 91.0 Å². The van der Waals surface area contributed by atoms with E-state index < -0.39 is 0 Å². The first-order valence-electron chi connectivity index (χ1n) is 8.67. The molecule has 25 heavy (non-hydrogen) atoms. The number of likely N-dealkylation sites (tertiary alicyclic amines) is 1. The molecule has 0 spiro atoms. The third kappa shape index (κ3) is 3.14. The van der Waals surface area contributed by atoms with Crippen LogP contribution in [0.1, 0.15) is 30.5 Å². The molecular formula is C18H21N5O2. The summed E-state index contributed by atoms with van der Waals surface area (Å²) in [5.74, 6) is 0.205. The minimum Gasteiger partial charge on any atom is -0.350 e. The van der Waals surface area contributed by atoms with Crippen molar-refractivity contribution in [1.29, 1.82) is 0 Å². The minimum atomic E-state index is -0.356. The lowest BCUT2D eigenvalue weighted by atomic mass is 9.97. The Labute approximate surface area is 145 Å². The second kappa shape index (κ2) is 6.66. The average molecular weight is 339 g/mol. The quantitative estimate of drug-likeness (QED) is 0.852. The molecule has 2 aromatic rings. The van der Waals surface area contributed by atoms with Gasteiger partial charge in [-0.2, -0.15) is 0 Å². The second-order valence-electron chi connectivity index (χ2n) is 6.81. The van der Waals surface area contributed by atoms with Gasteiger partial charge in [-0.25, -0.2) is 4.98 Å². The van der Waals surface area contributed by atoms with Crippen molar-refractivity contribution in [3.63, 3.8) is 0 Å². The van der Waals surface area contributed by atoms with Gasteiger partial charge in [0, 0.05) is 36.9 Å². The number of piperidine rings is 1. The van der Waals surface area contributed by atoms with Crippen LogP contribution < -0.4 is 5.32 Å². The first-order chi connectivity index (χ1) is 12.2. The van der Waals surface area contributed by atoms with Crippen LogP contribution in [-0.4, -0.2) is 43.7 Å². The third-order valence-corrected chi connectivity index (χ3v) is 5.23. The van der Waals surface area contributed by atoms with Crippen molar-refractivity contribution < 1.29 is 9.59 Å². The Kier molecular flexibility index (Phi) is 4.21. The summed E-state index contributed by atoms with van der Waals surface area (Å²) in [7, 11) is 0. The summed E-state index contributed by atoms with van der Waals surface area (Å²) >= 11 is 0. The molecule has 2 amide bonds. The van der Waals surface area contributed by atoms with Crippen molar-refractivity contribution >= 4 is 11.8 Å². The number of nitrogens with one attached hydrogen (secondary N) is 2. The highest BCUT2D eigenvalue weighted by Gasteiger charge is 2.50. The molecule has 3 atom stereocenters. The molecular weight excluding hydrogens is 318 g/mol. The number of H-pyrrole nitrogens is 1. The van der Waals surface area contributed by atoms with Crippen LogP contribution in [0.3, 0.4) is 0 Å². The number of aromatic nitrogens is 3. The van der Waals surface area contributed by atoms with E-state index in [4.69, 9.17) is 0 Å². The number of carbonyl (C=O) groups is 2. The van der Waals surface area contributed by atoms with Crippen molar-refractivity contribution in [2.24, 2.45) is 5.92 Å². The molecule has 2 N–H and O–H groups in total. The largest absolute Gasteiger partial charge is 0.350 e. The van der Waals surface area contributed by atoms with Gasteiger partial charge in [0.15, 0.2) is 0 Å². The van der Waals surface area contributed by atoms with Gasteiger partial charge in [-0.15, -0.1) is 0 Å². The van der Waals surface area contributed by atoms with Gasteiger partial charge >= 0.3 is 0 Å². The summed E-state index contributed by atoms with van der Waals surface area (Å²) in [6.45, 7) is 0.434. The van der Waals surface area contributed by atoms with Crippen LogP contribution >= 0.6 is 0 Å². The van der Waals surface area contributed by atoms with Gasteiger partial charge in [0.2, 0.25) is 11.8 Å². The summed E-state index contributed by atoms with van der Waals surface area (Å²) in [5, 5.41) is 2.98. The molecule has 3 unspecified atom stereocenters. The molecule has 2 fully saturated rings. The number of aromatic amines is 1. The standard InChI is InChI=1S/C18H21N5O2/c24-16(7-14-10-20-11-22-14)23-15-4-3-13(6-15)17(23)18(25)21-9-12-2-1-5-19-8-12/h1-2,5,8,10-11,13,15,17H,3-4,6-7,9H2,(H,20,22)(H,21,25). The zero-order valence-corrected chi connectivity index (χ0v) is 13.9. The van der Waals surface area contributed by atoms with Gasteiger partial charge in [-0.05, 0) is 36.8 Å². The number of carbonyl (C=O) groups excluding carboxylic acids is 2. The van der Waals surface area contributed by atoms with E-state index in [9.17, 15) is 9.59 Å². The predicted octanol–water partition coefficient (Wildman–Crippen LogP) is 1.04. The zero-order chi connectivity index (χ0) is 17.2. The van der Waals surface area contributed by atoms with Gasteiger partial charge in [-0.3, -0.25) is 14.6 Å².